The van der Waals surface area contributed by atoms with Crippen LogP contribution < -0.4 is 9.47 Å². The van der Waals surface area contributed by atoms with E-state index in [4.69, 9.17) is 9.47 Å². The van der Waals surface area contributed by atoms with Gasteiger partial charge in [0.1, 0.15) is 0 Å². The van der Waals surface area contributed by atoms with Gasteiger partial charge in [-0.2, -0.15) is 0 Å². The standard InChI is InChI=1S/C14H19BrO3/c1-4-7-18-14-11(15)8-10(12(16)5-2)9-13(14)17-6-3/h8-9H,4-7H2,1-3H3. The topological polar surface area (TPSA) is 35.5 Å². The van der Waals surface area contributed by atoms with Crippen LogP contribution >= 0.6 is 15.9 Å². The molecule has 0 aliphatic heterocycles. The molecule has 0 bridgehead atoms. The van der Waals surface area contributed by atoms with Gasteiger partial charge < -0.3 is 9.47 Å². The Labute approximate surface area is 117 Å². The van der Waals surface area contributed by atoms with E-state index >= 15 is 0 Å². The summed E-state index contributed by atoms with van der Waals surface area (Å²) >= 11 is 3.44. The molecule has 0 amide bonds. The predicted molar refractivity (Wildman–Crippen MR) is 75.7 cm³/mol. The molecule has 0 saturated carbocycles. The van der Waals surface area contributed by atoms with E-state index in [0.29, 0.717) is 36.7 Å². The number of carbonyl (C=O) groups excluding carboxylic acids is 1. The molecule has 0 N–H and O–H groups in total. The summed E-state index contributed by atoms with van der Waals surface area (Å²) in [5, 5.41) is 0. The molecule has 1 aromatic carbocycles. The highest BCUT2D eigenvalue weighted by atomic mass is 79.9. The molecule has 3 nitrogen and oxygen atoms in total. The Kier molecular flexibility index (Phi) is 6.19. The Morgan fingerprint density at radius 1 is 1.22 bits per heavy atom. The molecule has 0 aliphatic rings. The molecule has 0 heterocycles. The minimum Gasteiger partial charge on any atom is -0.490 e. The van der Waals surface area contributed by atoms with E-state index < -0.39 is 0 Å². The minimum atomic E-state index is 0.0960. The van der Waals surface area contributed by atoms with Crippen LogP contribution in [0.2, 0.25) is 0 Å². The smallest absolute Gasteiger partial charge is 0.175 e. The van der Waals surface area contributed by atoms with Crippen molar-refractivity contribution in [3.05, 3.63) is 22.2 Å². The quantitative estimate of drug-likeness (QED) is 0.706. The lowest BCUT2D eigenvalue weighted by atomic mass is 10.1. The highest BCUT2D eigenvalue weighted by Crippen LogP contribution is 2.37. The molecule has 0 aromatic heterocycles. The Bertz CT molecular complexity index is 416. The maximum absolute atomic E-state index is 11.7. The first-order valence-electron chi connectivity index (χ1n) is 6.26. The second-order valence-electron chi connectivity index (χ2n) is 3.84. The molecule has 100 valence electrons. The van der Waals surface area contributed by atoms with Crippen LogP contribution in [0.5, 0.6) is 11.5 Å². The van der Waals surface area contributed by atoms with Gasteiger partial charge in [0.05, 0.1) is 17.7 Å². The van der Waals surface area contributed by atoms with E-state index in [1.165, 1.54) is 0 Å². The number of carbonyl (C=O) groups is 1. The zero-order valence-corrected chi connectivity index (χ0v) is 12.7. The summed E-state index contributed by atoms with van der Waals surface area (Å²) in [6.45, 7) is 6.96. The van der Waals surface area contributed by atoms with Gasteiger partial charge >= 0.3 is 0 Å². The lowest BCUT2D eigenvalue weighted by molar-refractivity contribution is 0.0987. The molecule has 18 heavy (non-hydrogen) atoms. The van der Waals surface area contributed by atoms with E-state index in [1.54, 1.807) is 12.1 Å². The lowest BCUT2D eigenvalue weighted by Crippen LogP contribution is -2.04. The van der Waals surface area contributed by atoms with Crippen molar-refractivity contribution < 1.29 is 14.3 Å². The number of rotatable bonds is 7. The summed E-state index contributed by atoms with van der Waals surface area (Å²) in [5.74, 6) is 1.39. The number of ketones is 1. The summed E-state index contributed by atoms with van der Waals surface area (Å²) in [6, 6.07) is 3.55. The van der Waals surface area contributed by atoms with Gasteiger partial charge in [-0.1, -0.05) is 13.8 Å². The summed E-state index contributed by atoms with van der Waals surface area (Å²) in [7, 11) is 0. The minimum absolute atomic E-state index is 0.0960. The lowest BCUT2D eigenvalue weighted by Gasteiger charge is -2.14. The van der Waals surface area contributed by atoms with Crippen molar-refractivity contribution in [3.63, 3.8) is 0 Å². The SMILES string of the molecule is CCCOc1c(Br)cc(C(=O)CC)cc1OCC. The third-order valence-corrected chi connectivity index (χ3v) is 2.99. The molecule has 0 saturated heterocycles. The van der Waals surface area contributed by atoms with Gasteiger partial charge in [-0.05, 0) is 41.4 Å². The van der Waals surface area contributed by atoms with Gasteiger partial charge in [-0.3, -0.25) is 4.79 Å². The van der Waals surface area contributed by atoms with Gasteiger partial charge in [0.25, 0.3) is 0 Å². The Hall–Kier alpha value is -1.03. The van der Waals surface area contributed by atoms with Crippen LogP contribution in [-0.4, -0.2) is 19.0 Å². The van der Waals surface area contributed by atoms with Gasteiger partial charge in [0.15, 0.2) is 17.3 Å². The average molecular weight is 315 g/mol. The van der Waals surface area contributed by atoms with Gasteiger partial charge in [-0.25, -0.2) is 0 Å². The van der Waals surface area contributed by atoms with E-state index in [9.17, 15) is 4.79 Å². The Balaban J connectivity index is 3.13. The van der Waals surface area contributed by atoms with Crippen molar-refractivity contribution in [2.45, 2.75) is 33.6 Å². The van der Waals surface area contributed by atoms with Crippen LogP contribution in [0.4, 0.5) is 0 Å². The molecular weight excluding hydrogens is 296 g/mol. The molecular formula is C14H19BrO3. The summed E-state index contributed by atoms with van der Waals surface area (Å²) < 4.78 is 12.0. The zero-order chi connectivity index (χ0) is 13.5. The van der Waals surface area contributed by atoms with Crippen LogP contribution in [0.15, 0.2) is 16.6 Å². The molecule has 0 fully saturated rings. The fourth-order valence-electron chi connectivity index (χ4n) is 1.54. The fraction of sp³-hybridized carbons (Fsp3) is 0.500. The van der Waals surface area contributed by atoms with E-state index in [0.717, 1.165) is 10.9 Å². The molecule has 0 unspecified atom stereocenters. The van der Waals surface area contributed by atoms with Crippen molar-refractivity contribution in [2.24, 2.45) is 0 Å². The number of hydrogen-bond donors (Lipinski definition) is 0. The maximum atomic E-state index is 11.7. The first kappa shape index (κ1) is 15.0. The molecule has 0 atom stereocenters. The summed E-state index contributed by atoms with van der Waals surface area (Å²) in [5.41, 5.74) is 0.650. The first-order chi connectivity index (χ1) is 8.63. The third-order valence-electron chi connectivity index (χ3n) is 2.40. The third kappa shape index (κ3) is 3.73. The molecule has 1 aromatic rings. The van der Waals surface area contributed by atoms with Crippen molar-refractivity contribution in [1.29, 1.82) is 0 Å². The van der Waals surface area contributed by atoms with Crippen LogP contribution in [0.25, 0.3) is 0 Å². The number of halogens is 1. The molecule has 1 rings (SSSR count). The highest BCUT2D eigenvalue weighted by molar-refractivity contribution is 9.10. The normalized spacial score (nSPS) is 10.2. The number of ether oxygens (including phenoxy) is 2. The molecule has 4 heteroatoms. The molecule has 0 radical (unpaired) electrons. The van der Waals surface area contributed by atoms with Crippen LogP contribution in [-0.2, 0) is 0 Å². The van der Waals surface area contributed by atoms with Crippen molar-refractivity contribution in [3.8, 4) is 11.5 Å². The second kappa shape index (κ2) is 7.41. The van der Waals surface area contributed by atoms with Crippen LogP contribution in [0.3, 0.4) is 0 Å². The van der Waals surface area contributed by atoms with Gasteiger partial charge in [0, 0.05) is 12.0 Å². The van der Waals surface area contributed by atoms with E-state index in [-0.39, 0.29) is 5.78 Å². The largest absolute Gasteiger partial charge is 0.490 e. The summed E-state index contributed by atoms with van der Waals surface area (Å²) in [6.07, 6.45) is 1.40. The molecule has 0 aliphatic carbocycles. The maximum Gasteiger partial charge on any atom is 0.175 e. The monoisotopic (exact) mass is 314 g/mol. The highest BCUT2D eigenvalue weighted by Gasteiger charge is 2.14. The number of benzene rings is 1. The summed E-state index contributed by atoms with van der Waals surface area (Å²) in [4.78, 5) is 11.7. The zero-order valence-electron chi connectivity index (χ0n) is 11.1. The van der Waals surface area contributed by atoms with Crippen LogP contribution in [0, 0.1) is 0 Å². The van der Waals surface area contributed by atoms with E-state index in [2.05, 4.69) is 15.9 Å². The van der Waals surface area contributed by atoms with Crippen LogP contribution in [0.1, 0.15) is 44.0 Å². The predicted octanol–water partition coefficient (Wildman–Crippen LogP) is 4.23. The van der Waals surface area contributed by atoms with Gasteiger partial charge in [-0.15, -0.1) is 0 Å². The Morgan fingerprint density at radius 3 is 2.50 bits per heavy atom. The van der Waals surface area contributed by atoms with E-state index in [1.807, 2.05) is 20.8 Å². The fourth-order valence-corrected chi connectivity index (χ4v) is 2.10. The molecule has 0 spiro atoms. The Morgan fingerprint density at radius 2 is 1.94 bits per heavy atom. The number of hydrogen-bond acceptors (Lipinski definition) is 3. The van der Waals surface area contributed by atoms with Crippen molar-refractivity contribution in [2.75, 3.05) is 13.2 Å². The van der Waals surface area contributed by atoms with Crippen molar-refractivity contribution >= 4 is 21.7 Å². The van der Waals surface area contributed by atoms with Crippen molar-refractivity contribution in [1.82, 2.24) is 0 Å². The van der Waals surface area contributed by atoms with Gasteiger partial charge in [0.2, 0.25) is 0 Å². The number of Topliss-reactive ketones (excluding diaryl/α,β-unsaturated/α-hetero) is 1. The second-order valence-corrected chi connectivity index (χ2v) is 4.70. The first-order valence-corrected chi connectivity index (χ1v) is 7.05. The average Bonchev–Trinajstić information content (AvgIpc) is 2.37.